The molecule has 0 fully saturated rings. The maximum absolute atomic E-state index is 13.0. The van der Waals surface area contributed by atoms with Crippen LogP contribution in [-0.4, -0.2) is 74.9 Å². The van der Waals surface area contributed by atoms with Gasteiger partial charge in [-0.3, -0.25) is 18.6 Å². The molecular weight excluding hydrogens is 1310 g/mol. The molecule has 105 heavy (non-hydrogen) atoms. The smallest absolute Gasteiger partial charge is 0.462 e. The Morgan fingerprint density at radius 2 is 0.543 bits per heavy atom. The van der Waals surface area contributed by atoms with Crippen molar-refractivity contribution in [2.75, 3.05) is 47.5 Å². The summed E-state index contributed by atoms with van der Waals surface area (Å²) in [5.41, 5.74) is 0. The van der Waals surface area contributed by atoms with Crippen molar-refractivity contribution in [3.05, 3.63) is 97.2 Å². The minimum absolute atomic E-state index is 0.0319. The predicted molar refractivity (Wildman–Crippen MR) is 459 cm³/mol. The lowest BCUT2D eigenvalue weighted by molar-refractivity contribution is -0.870. The quantitative estimate of drug-likeness (QED) is 0.0211. The van der Waals surface area contributed by atoms with Crippen LogP contribution in [0.5, 0.6) is 0 Å². The van der Waals surface area contributed by atoms with Gasteiger partial charge in [-0.25, -0.2) is 4.57 Å². The van der Waals surface area contributed by atoms with E-state index in [2.05, 4.69) is 111 Å². The number of phosphoric ester groups is 1. The monoisotopic (exact) mass is 1490 g/mol. The molecule has 0 aliphatic rings. The Bertz CT molecular complexity index is 2100. The zero-order valence-corrected chi connectivity index (χ0v) is 71.1. The van der Waals surface area contributed by atoms with Crippen LogP contribution in [0.2, 0.25) is 0 Å². The fourth-order valence-corrected chi connectivity index (χ4v) is 14.3. The van der Waals surface area contributed by atoms with Crippen molar-refractivity contribution >= 4 is 19.8 Å². The lowest BCUT2D eigenvalue weighted by Gasteiger charge is -2.24. The minimum Gasteiger partial charge on any atom is -0.462 e. The lowest BCUT2D eigenvalue weighted by Crippen LogP contribution is -2.37. The summed E-state index contributed by atoms with van der Waals surface area (Å²) in [6, 6.07) is 0. The minimum atomic E-state index is -4.40. The molecule has 0 spiro atoms. The summed E-state index contributed by atoms with van der Waals surface area (Å²) < 4.78 is 34.9. The number of esters is 2. The third kappa shape index (κ3) is 89.7. The summed E-state index contributed by atoms with van der Waals surface area (Å²) in [7, 11) is 1.49. The molecule has 0 aromatic carbocycles. The molecule has 2 unspecified atom stereocenters. The Kier molecular flexibility index (Phi) is 82.5. The van der Waals surface area contributed by atoms with Crippen molar-refractivity contribution in [2.45, 2.75) is 450 Å². The second kappa shape index (κ2) is 84.9. The van der Waals surface area contributed by atoms with Crippen LogP contribution in [0.1, 0.15) is 444 Å². The molecule has 9 nitrogen and oxygen atoms in total. The van der Waals surface area contributed by atoms with Gasteiger partial charge in [0.25, 0.3) is 0 Å². The van der Waals surface area contributed by atoms with E-state index in [0.717, 1.165) is 83.5 Å². The fraction of sp³-hybridized carbons (Fsp3) is 0.811. The van der Waals surface area contributed by atoms with Crippen LogP contribution in [0.3, 0.4) is 0 Å². The number of likely N-dealkylation sites (N-methyl/N-ethyl adjacent to an activating group) is 1. The van der Waals surface area contributed by atoms with Crippen molar-refractivity contribution in [1.29, 1.82) is 0 Å². The van der Waals surface area contributed by atoms with E-state index in [4.69, 9.17) is 18.5 Å². The molecule has 0 rings (SSSR count). The van der Waals surface area contributed by atoms with E-state index in [-0.39, 0.29) is 25.6 Å². The highest BCUT2D eigenvalue weighted by molar-refractivity contribution is 7.47. The van der Waals surface area contributed by atoms with Crippen molar-refractivity contribution in [3.63, 3.8) is 0 Å². The Labute approximate surface area is 653 Å². The number of quaternary nitrogens is 1. The molecule has 0 aliphatic carbocycles. The predicted octanol–water partition coefficient (Wildman–Crippen LogP) is 30.9. The van der Waals surface area contributed by atoms with Crippen LogP contribution in [-0.2, 0) is 32.7 Å². The maximum Gasteiger partial charge on any atom is 0.472 e. The standard InChI is InChI=1S/C95H174NO8P/c1-6-8-10-12-14-16-18-20-22-24-26-28-30-32-34-36-38-40-42-44-46-48-50-52-54-56-58-60-62-64-66-68-70-72-74-76-78-80-82-84-86-88-95(98)104-93(92-103-105(99,100)102-90-89-96(3,4)5)91-101-94(97)87-85-83-81-79-77-75-73-71-69-67-65-63-61-59-57-55-53-51-49-47-45-43-41-39-37-35-33-31-29-27-25-23-21-19-17-15-13-11-9-7-2/h8,10,14,16,20,22,26,28,32,34,38,40,44,46,50,52,93H,6-7,9,11-13,15,17-19,21,23-25,27,29-31,33,35-37,39,41-43,45,47-49,51,53-92H2,1-5H3/p+1/b10-8-,16-14-,22-20-,28-26-,34-32-,40-38-,46-44-,52-50-. The van der Waals surface area contributed by atoms with Crippen LogP contribution in [0.4, 0.5) is 0 Å². The Hall–Kier alpha value is -3.07. The largest absolute Gasteiger partial charge is 0.472 e. The summed E-state index contributed by atoms with van der Waals surface area (Å²) in [5.74, 6) is -0.777. The van der Waals surface area contributed by atoms with E-state index in [1.807, 2.05) is 21.1 Å². The molecule has 10 heteroatoms. The van der Waals surface area contributed by atoms with Gasteiger partial charge in [0, 0.05) is 12.8 Å². The summed E-state index contributed by atoms with van der Waals surface area (Å²) >= 11 is 0. The molecule has 0 bridgehead atoms. The Balaban J connectivity index is 3.88. The topological polar surface area (TPSA) is 108 Å². The second-order valence-corrected chi connectivity index (χ2v) is 33.4. The zero-order chi connectivity index (χ0) is 76.1. The number of phosphoric acid groups is 1. The lowest BCUT2D eigenvalue weighted by atomic mass is 10.0. The maximum atomic E-state index is 13.0. The van der Waals surface area contributed by atoms with Crippen molar-refractivity contribution in [3.8, 4) is 0 Å². The number of rotatable bonds is 85. The van der Waals surface area contributed by atoms with Gasteiger partial charge in [0.2, 0.25) is 0 Å². The summed E-state index contributed by atoms with van der Waals surface area (Å²) in [4.78, 5) is 36.1. The van der Waals surface area contributed by atoms with Gasteiger partial charge >= 0.3 is 19.8 Å². The Morgan fingerprint density at radius 3 is 0.810 bits per heavy atom. The molecule has 0 amide bonds. The molecule has 1 N–H and O–H groups in total. The highest BCUT2D eigenvalue weighted by Crippen LogP contribution is 2.43. The van der Waals surface area contributed by atoms with Gasteiger partial charge in [0.15, 0.2) is 6.10 Å². The van der Waals surface area contributed by atoms with Gasteiger partial charge in [-0.1, -0.05) is 451 Å². The van der Waals surface area contributed by atoms with Crippen molar-refractivity contribution < 1.29 is 42.1 Å². The van der Waals surface area contributed by atoms with Gasteiger partial charge in [-0.05, 0) is 77.0 Å². The van der Waals surface area contributed by atoms with Crippen molar-refractivity contribution in [1.82, 2.24) is 0 Å². The zero-order valence-electron chi connectivity index (χ0n) is 70.2. The number of allylic oxidation sites excluding steroid dienone is 16. The fourth-order valence-electron chi connectivity index (χ4n) is 13.5. The van der Waals surface area contributed by atoms with Crippen LogP contribution in [0.25, 0.3) is 0 Å². The first-order valence-electron chi connectivity index (χ1n) is 45.5. The van der Waals surface area contributed by atoms with E-state index in [1.165, 1.54) is 327 Å². The van der Waals surface area contributed by atoms with Crippen LogP contribution in [0, 0.1) is 0 Å². The first kappa shape index (κ1) is 102. The third-order valence-corrected chi connectivity index (χ3v) is 21.4. The van der Waals surface area contributed by atoms with Gasteiger partial charge in [0.1, 0.15) is 19.8 Å². The van der Waals surface area contributed by atoms with Gasteiger partial charge in [-0.2, -0.15) is 0 Å². The first-order chi connectivity index (χ1) is 51.5. The molecule has 0 saturated carbocycles. The normalized spacial score (nSPS) is 13.4. The van der Waals surface area contributed by atoms with E-state index < -0.39 is 26.5 Å². The van der Waals surface area contributed by atoms with Crippen LogP contribution in [0.15, 0.2) is 97.2 Å². The third-order valence-electron chi connectivity index (χ3n) is 20.4. The first-order valence-corrected chi connectivity index (χ1v) is 47.0. The molecule has 612 valence electrons. The molecule has 0 aromatic heterocycles. The average Bonchev–Trinajstić information content (AvgIpc) is 0.935. The van der Waals surface area contributed by atoms with Gasteiger partial charge in [-0.15, -0.1) is 0 Å². The number of carbonyl (C=O) groups is 2. The van der Waals surface area contributed by atoms with E-state index >= 15 is 0 Å². The molecular formula is C95H175NO8P+. The number of unbranched alkanes of at least 4 members (excludes halogenated alkanes) is 55. The number of carbonyl (C=O) groups excluding carboxylic acids is 2. The second-order valence-electron chi connectivity index (χ2n) is 32.0. The summed E-state index contributed by atoms with van der Waals surface area (Å²) in [5, 5.41) is 0. The van der Waals surface area contributed by atoms with Crippen LogP contribution < -0.4 is 0 Å². The van der Waals surface area contributed by atoms with E-state index in [9.17, 15) is 19.0 Å². The Morgan fingerprint density at radius 1 is 0.305 bits per heavy atom. The summed E-state index contributed by atoms with van der Waals surface area (Å²) in [6.45, 7) is 4.39. The summed E-state index contributed by atoms with van der Waals surface area (Å²) in [6.07, 6.45) is 120. The molecule has 2 atom stereocenters. The number of nitrogens with zero attached hydrogens (tertiary/aromatic N) is 1. The molecule has 0 saturated heterocycles. The average molecular weight is 1490 g/mol. The van der Waals surface area contributed by atoms with E-state index in [1.54, 1.807) is 0 Å². The van der Waals surface area contributed by atoms with E-state index in [0.29, 0.717) is 23.9 Å². The number of hydrogen-bond acceptors (Lipinski definition) is 7. The highest BCUT2D eigenvalue weighted by atomic mass is 31.2. The van der Waals surface area contributed by atoms with Crippen LogP contribution >= 0.6 is 7.82 Å². The van der Waals surface area contributed by atoms with Gasteiger partial charge < -0.3 is 18.9 Å². The number of hydrogen-bond donors (Lipinski definition) is 1. The highest BCUT2D eigenvalue weighted by Gasteiger charge is 2.27. The number of ether oxygens (including phenoxy) is 2. The SMILES string of the molecule is CC/C=C\C/C=C\C/C=C\C/C=C\C/C=C\C/C=C\C/C=C\C/C=C\CCCCCCCCCCCCCCCCCCC(=O)OC(COC(=O)CCCCCCCCCCCCCCCCCCCCCCCCCCCCCCCCCCCCCCCCCC)COP(=O)(O)OCC[N+](C)(C)C. The molecule has 0 aliphatic heterocycles. The molecule has 0 radical (unpaired) electrons. The molecule has 0 aromatic rings. The molecule has 0 heterocycles. The van der Waals surface area contributed by atoms with Gasteiger partial charge in [0.05, 0.1) is 27.7 Å². The van der Waals surface area contributed by atoms with Crippen molar-refractivity contribution in [2.24, 2.45) is 0 Å².